The zero-order valence-corrected chi connectivity index (χ0v) is 12.9. The number of thiophene rings is 1. The minimum Gasteiger partial charge on any atom is -0.369 e. The number of aromatic nitrogens is 2. The van der Waals surface area contributed by atoms with Crippen LogP contribution in [0.2, 0.25) is 0 Å². The molecule has 1 aromatic carbocycles. The Labute approximate surface area is 133 Å². The van der Waals surface area contributed by atoms with E-state index in [1.54, 1.807) is 11.3 Å². The van der Waals surface area contributed by atoms with Crippen LogP contribution in [0.3, 0.4) is 0 Å². The number of anilines is 1. The van der Waals surface area contributed by atoms with Gasteiger partial charge in [-0.2, -0.15) is 5.26 Å². The minimum atomic E-state index is 0.604. The van der Waals surface area contributed by atoms with Gasteiger partial charge in [0, 0.05) is 18.4 Å². The third kappa shape index (κ3) is 3.23. The number of hydrogen-bond donors (Lipinski definition) is 1. The first-order chi connectivity index (χ1) is 10.9. The average Bonchev–Trinajstić information content (AvgIpc) is 3.09. The van der Waals surface area contributed by atoms with Gasteiger partial charge >= 0.3 is 0 Å². The average molecular weight is 308 g/mol. The van der Waals surface area contributed by atoms with Gasteiger partial charge in [-0.3, -0.25) is 0 Å². The first kappa shape index (κ1) is 14.5. The summed E-state index contributed by atoms with van der Waals surface area (Å²) in [4.78, 5) is 10.4. The quantitative estimate of drug-likeness (QED) is 0.683. The summed E-state index contributed by atoms with van der Waals surface area (Å²) in [6, 6.07) is 14.2. The predicted molar refractivity (Wildman–Crippen MR) is 90.8 cm³/mol. The van der Waals surface area contributed by atoms with Crippen LogP contribution in [0.15, 0.2) is 41.8 Å². The molecule has 3 rings (SSSR count). The molecule has 0 amide bonds. The number of benzene rings is 1. The molecule has 110 valence electrons. The summed E-state index contributed by atoms with van der Waals surface area (Å²) >= 11 is 1.64. The number of rotatable bonds is 6. The molecular formula is C17H16N4S. The van der Waals surface area contributed by atoms with E-state index >= 15 is 0 Å². The lowest BCUT2D eigenvalue weighted by atomic mass is 10.2. The summed E-state index contributed by atoms with van der Waals surface area (Å²) in [6.45, 7) is 0.812. The highest BCUT2D eigenvalue weighted by Crippen LogP contribution is 2.27. The van der Waals surface area contributed by atoms with E-state index < -0.39 is 0 Å². The molecule has 0 radical (unpaired) electrons. The van der Waals surface area contributed by atoms with Gasteiger partial charge in [0.2, 0.25) is 0 Å². The molecule has 0 saturated heterocycles. The Kier molecular flexibility index (Phi) is 4.62. The molecule has 3 aromatic rings. The van der Waals surface area contributed by atoms with Crippen LogP contribution in [0.25, 0.3) is 21.6 Å². The summed E-state index contributed by atoms with van der Waals surface area (Å²) < 4.78 is 0. The highest BCUT2D eigenvalue weighted by atomic mass is 32.1. The highest BCUT2D eigenvalue weighted by molar-refractivity contribution is 7.13. The van der Waals surface area contributed by atoms with Gasteiger partial charge in [-0.1, -0.05) is 18.2 Å². The molecule has 5 heteroatoms. The van der Waals surface area contributed by atoms with Crippen molar-refractivity contribution in [2.45, 2.75) is 19.3 Å². The van der Waals surface area contributed by atoms with Crippen molar-refractivity contribution in [3.63, 3.8) is 0 Å². The fourth-order valence-electron chi connectivity index (χ4n) is 2.26. The number of para-hydroxylation sites is 1. The Balaban J connectivity index is 1.88. The lowest BCUT2D eigenvalue weighted by Crippen LogP contribution is -2.05. The van der Waals surface area contributed by atoms with Crippen LogP contribution >= 0.6 is 11.3 Å². The first-order valence-electron chi connectivity index (χ1n) is 7.30. The molecule has 0 fully saturated rings. The summed E-state index contributed by atoms with van der Waals surface area (Å²) in [7, 11) is 0. The molecule has 0 aliphatic rings. The Morgan fingerprint density at radius 3 is 2.82 bits per heavy atom. The van der Waals surface area contributed by atoms with E-state index in [0.717, 1.165) is 46.8 Å². The van der Waals surface area contributed by atoms with Crippen LogP contribution in [0.1, 0.15) is 19.3 Å². The second kappa shape index (κ2) is 7.01. The predicted octanol–water partition coefficient (Wildman–Crippen LogP) is 4.46. The molecule has 0 spiro atoms. The molecule has 0 aliphatic carbocycles. The molecule has 0 aliphatic heterocycles. The zero-order chi connectivity index (χ0) is 15.2. The topological polar surface area (TPSA) is 61.6 Å². The number of hydrogen-bond acceptors (Lipinski definition) is 5. The lowest BCUT2D eigenvalue weighted by molar-refractivity contribution is 0.783. The monoisotopic (exact) mass is 308 g/mol. The molecule has 2 aromatic heterocycles. The number of nitrogens with zero attached hydrogens (tertiary/aromatic N) is 3. The van der Waals surface area contributed by atoms with Crippen LogP contribution in [0.4, 0.5) is 5.82 Å². The van der Waals surface area contributed by atoms with E-state index in [4.69, 9.17) is 5.26 Å². The number of nitrogens with one attached hydrogen (secondary N) is 1. The summed E-state index contributed by atoms with van der Waals surface area (Å²) in [6.07, 6.45) is 2.47. The van der Waals surface area contributed by atoms with Crippen molar-refractivity contribution in [2.75, 3.05) is 11.9 Å². The normalized spacial score (nSPS) is 10.5. The molecule has 1 N–H and O–H groups in total. The molecule has 0 bridgehead atoms. The van der Waals surface area contributed by atoms with Crippen molar-refractivity contribution in [1.82, 2.24) is 9.97 Å². The highest BCUT2D eigenvalue weighted by Gasteiger charge is 2.09. The van der Waals surface area contributed by atoms with Gasteiger partial charge in [0.1, 0.15) is 5.82 Å². The van der Waals surface area contributed by atoms with Gasteiger partial charge in [-0.25, -0.2) is 9.97 Å². The molecule has 0 unspecified atom stereocenters. The molecule has 4 nitrogen and oxygen atoms in total. The van der Waals surface area contributed by atoms with E-state index in [0.29, 0.717) is 6.42 Å². The van der Waals surface area contributed by atoms with Gasteiger partial charge in [0.25, 0.3) is 0 Å². The largest absolute Gasteiger partial charge is 0.369 e. The Bertz CT molecular complexity index is 790. The van der Waals surface area contributed by atoms with Crippen LogP contribution in [0, 0.1) is 11.3 Å². The van der Waals surface area contributed by atoms with Crippen molar-refractivity contribution in [3.8, 4) is 16.8 Å². The summed E-state index contributed by atoms with van der Waals surface area (Å²) in [5.74, 6) is 1.62. The van der Waals surface area contributed by atoms with Crippen LogP contribution in [-0.4, -0.2) is 16.5 Å². The fraction of sp³-hybridized carbons (Fsp3) is 0.235. The third-order valence-corrected chi connectivity index (χ3v) is 4.22. The van der Waals surface area contributed by atoms with Crippen molar-refractivity contribution < 1.29 is 0 Å². The second-order valence-electron chi connectivity index (χ2n) is 4.93. The van der Waals surface area contributed by atoms with E-state index in [2.05, 4.69) is 21.4 Å². The first-order valence-corrected chi connectivity index (χ1v) is 8.18. The Hall–Kier alpha value is -2.45. The number of nitriles is 1. The maximum absolute atomic E-state index is 8.58. The van der Waals surface area contributed by atoms with Gasteiger partial charge < -0.3 is 5.32 Å². The third-order valence-electron chi connectivity index (χ3n) is 3.35. The van der Waals surface area contributed by atoms with Gasteiger partial charge in [0.05, 0.1) is 16.5 Å². The SMILES string of the molecule is N#CCCCCNc1nc(-c2cccs2)nc2ccccc12. The fourth-order valence-corrected chi connectivity index (χ4v) is 2.92. The van der Waals surface area contributed by atoms with Crippen molar-refractivity contribution >= 4 is 28.1 Å². The van der Waals surface area contributed by atoms with E-state index in [1.807, 2.05) is 41.8 Å². The van der Waals surface area contributed by atoms with Gasteiger partial charge in [0.15, 0.2) is 5.82 Å². The lowest BCUT2D eigenvalue weighted by Gasteiger charge is -2.10. The molecule has 0 saturated carbocycles. The Morgan fingerprint density at radius 2 is 2.00 bits per heavy atom. The molecule has 2 heterocycles. The standard InChI is InChI=1S/C17H16N4S/c18-10-4-1-5-11-19-16-13-7-2-3-8-14(13)20-17(21-16)15-9-6-12-22-15/h2-3,6-9,12H,1,4-5,11H2,(H,19,20,21). The summed E-state index contributed by atoms with van der Waals surface area (Å²) in [5.41, 5.74) is 0.945. The maximum Gasteiger partial charge on any atom is 0.172 e. The van der Waals surface area contributed by atoms with Crippen LogP contribution in [-0.2, 0) is 0 Å². The maximum atomic E-state index is 8.58. The van der Waals surface area contributed by atoms with Crippen LogP contribution in [0.5, 0.6) is 0 Å². The van der Waals surface area contributed by atoms with Crippen molar-refractivity contribution in [2.24, 2.45) is 0 Å². The van der Waals surface area contributed by atoms with Crippen molar-refractivity contribution in [3.05, 3.63) is 41.8 Å². The van der Waals surface area contributed by atoms with E-state index in [9.17, 15) is 0 Å². The smallest absolute Gasteiger partial charge is 0.172 e. The molecule has 22 heavy (non-hydrogen) atoms. The Morgan fingerprint density at radius 1 is 1.09 bits per heavy atom. The second-order valence-corrected chi connectivity index (χ2v) is 5.88. The molecule has 0 atom stereocenters. The van der Waals surface area contributed by atoms with Gasteiger partial charge in [-0.15, -0.1) is 11.3 Å². The van der Waals surface area contributed by atoms with Gasteiger partial charge in [-0.05, 0) is 36.4 Å². The van der Waals surface area contributed by atoms with Crippen molar-refractivity contribution in [1.29, 1.82) is 5.26 Å². The van der Waals surface area contributed by atoms with Crippen LogP contribution < -0.4 is 5.32 Å². The van der Waals surface area contributed by atoms with E-state index in [1.165, 1.54) is 0 Å². The van der Waals surface area contributed by atoms with E-state index in [-0.39, 0.29) is 0 Å². The zero-order valence-electron chi connectivity index (χ0n) is 12.1. The molecular weight excluding hydrogens is 292 g/mol. The minimum absolute atomic E-state index is 0.604. The number of fused-ring (bicyclic) bond motifs is 1. The number of unbranched alkanes of at least 4 members (excludes halogenated alkanes) is 2. The summed E-state index contributed by atoms with van der Waals surface area (Å²) in [5, 5.41) is 15.0.